The number of benzene rings is 1. The summed E-state index contributed by atoms with van der Waals surface area (Å²) in [4.78, 5) is 2.19. The van der Waals surface area contributed by atoms with Crippen molar-refractivity contribution in [2.45, 2.75) is 46.2 Å². The highest BCUT2D eigenvalue weighted by molar-refractivity contribution is 5.39. The fourth-order valence-corrected chi connectivity index (χ4v) is 1.98. The molecule has 96 valence electrons. The zero-order chi connectivity index (χ0) is 13.4. The standard InChI is InChI=1S/C15H26N2/c1-10-8-12(3)13(9-11(10)2)14(16)15(4,5)17(6)7/h8-9,14H,16H2,1-7H3. The molecule has 1 aromatic rings. The van der Waals surface area contributed by atoms with Gasteiger partial charge >= 0.3 is 0 Å². The minimum atomic E-state index is -0.0491. The monoisotopic (exact) mass is 234 g/mol. The molecule has 2 nitrogen and oxygen atoms in total. The Bertz CT molecular complexity index is 406. The van der Waals surface area contributed by atoms with E-state index in [1.54, 1.807) is 0 Å². The second kappa shape index (κ2) is 4.79. The first-order chi connectivity index (χ1) is 7.67. The molecule has 0 aliphatic heterocycles. The third-order valence-electron chi connectivity index (χ3n) is 4.13. The Balaban J connectivity index is 3.21. The molecule has 2 heteroatoms. The topological polar surface area (TPSA) is 29.3 Å². The lowest BCUT2D eigenvalue weighted by Gasteiger charge is -2.39. The van der Waals surface area contributed by atoms with Gasteiger partial charge in [-0.05, 0) is 71.0 Å². The fourth-order valence-electron chi connectivity index (χ4n) is 1.98. The summed E-state index contributed by atoms with van der Waals surface area (Å²) in [6.07, 6.45) is 0. The van der Waals surface area contributed by atoms with Gasteiger partial charge < -0.3 is 10.6 Å². The molecule has 0 aromatic heterocycles. The number of hydrogen-bond donors (Lipinski definition) is 1. The van der Waals surface area contributed by atoms with Crippen molar-refractivity contribution in [1.82, 2.24) is 4.90 Å². The highest BCUT2D eigenvalue weighted by Gasteiger charge is 2.30. The van der Waals surface area contributed by atoms with E-state index >= 15 is 0 Å². The lowest BCUT2D eigenvalue weighted by molar-refractivity contribution is 0.158. The molecule has 1 unspecified atom stereocenters. The van der Waals surface area contributed by atoms with Crippen LogP contribution in [0, 0.1) is 20.8 Å². The smallest absolute Gasteiger partial charge is 0.0479 e. The number of rotatable bonds is 3. The van der Waals surface area contributed by atoms with Crippen LogP contribution in [0.15, 0.2) is 12.1 Å². The first-order valence-electron chi connectivity index (χ1n) is 6.18. The van der Waals surface area contributed by atoms with Crippen LogP contribution in [0.4, 0.5) is 0 Å². The first-order valence-corrected chi connectivity index (χ1v) is 6.18. The van der Waals surface area contributed by atoms with Gasteiger partial charge in [0.2, 0.25) is 0 Å². The Morgan fingerprint density at radius 2 is 1.47 bits per heavy atom. The summed E-state index contributed by atoms with van der Waals surface area (Å²) < 4.78 is 0. The van der Waals surface area contributed by atoms with E-state index in [1.807, 2.05) is 0 Å². The van der Waals surface area contributed by atoms with Crippen LogP contribution in [0.3, 0.4) is 0 Å². The summed E-state index contributed by atoms with van der Waals surface area (Å²) >= 11 is 0. The summed E-state index contributed by atoms with van der Waals surface area (Å²) in [5, 5.41) is 0. The van der Waals surface area contributed by atoms with Gasteiger partial charge in [-0.3, -0.25) is 0 Å². The lowest BCUT2D eigenvalue weighted by atomic mass is 9.84. The molecule has 0 fully saturated rings. The van der Waals surface area contributed by atoms with Gasteiger partial charge in [-0.1, -0.05) is 12.1 Å². The van der Waals surface area contributed by atoms with Crippen molar-refractivity contribution < 1.29 is 0 Å². The lowest BCUT2D eigenvalue weighted by Crippen LogP contribution is -2.47. The minimum absolute atomic E-state index is 0.0248. The number of likely N-dealkylation sites (N-methyl/N-ethyl adjacent to an activating group) is 1. The van der Waals surface area contributed by atoms with E-state index in [0.717, 1.165) is 0 Å². The van der Waals surface area contributed by atoms with Crippen LogP contribution in [0.25, 0.3) is 0 Å². The van der Waals surface area contributed by atoms with Crippen molar-refractivity contribution in [3.05, 3.63) is 34.4 Å². The Morgan fingerprint density at radius 1 is 1.00 bits per heavy atom. The Kier molecular flexibility index (Phi) is 4.00. The summed E-state index contributed by atoms with van der Waals surface area (Å²) in [6, 6.07) is 4.49. The van der Waals surface area contributed by atoms with E-state index in [1.165, 1.54) is 22.3 Å². The van der Waals surface area contributed by atoms with Crippen molar-refractivity contribution in [2.24, 2.45) is 5.73 Å². The van der Waals surface area contributed by atoms with Crippen molar-refractivity contribution in [2.75, 3.05) is 14.1 Å². The number of nitrogens with two attached hydrogens (primary N) is 1. The third kappa shape index (κ3) is 2.70. The normalized spacial score (nSPS) is 14.2. The Labute approximate surface area is 106 Å². The van der Waals surface area contributed by atoms with Crippen LogP contribution in [-0.4, -0.2) is 24.5 Å². The summed E-state index contributed by atoms with van der Waals surface area (Å²) in [5.41, 5.74) is 11.6. The van der Waals surface area contributed by atoms with Gasteiger partial charge in [-0.25, -0.2) is 0 Å². The van der Waals surface area contributed by atoms with Gasteiger partial charge in [0.05, 0.1) is 0 Å². The van der Waals surface area contributed by atoms with Crippen LogP contribution in [0.2, 0.25) is 0 Å². The largest absolute Gasteiger partial charge is 0.322 e. The summed E-state index contributed by atoms with van der Waals surface area (Å²) in [6.45, 7) is 10.8. The van der Waals surface area contributed by atoms with E-state index in [9.17, 15) is 0 Å². The molecule has 1 rings (SSSR count). The average molecular weight is 234 g/mol. The molecule has 0 radical (unpaired) electrons. The van der Waals surface area contributed by atoms with Crippen LogP contribution < -0.4 is 5.73 Å². The molecule has 0 saturated carbocycles. The van der Waals surface area contributed by atoms with Gasteiger partial charge in [-0.15, -0.1) is 0 Å². The molecule has 1 atom stereocenters. The molecule has 1 aromatic carbocycles. The van der Waals surface area contributed by atoms with Crippen LogP contribution in [-0.2, 0) is 0 Å². The van der Waals surface area contributed by atoms with Crippen LogP contribution in [0.1, 0.15) is 42.1 Å². The van der Waals surface area contributed by atoms with Gasteiger partial charge in [0.1, 0.15) is 0 Å². The zero-order valence-corrected chi connectivity index (χ0v) is 12.3. The van der Waals surface area contributed by atoms with Crippen molar-refractivity contribution in [1.29, 1.82) is 0 Å². The molecule has 0 bridgehead atoms. The van der Waals surface area contributed by atoms with E-state index < -0.39 is 0 Å². The van der Waals surface area contributed by atoms with Crippen molar-refractivity contribution in [3.8, 4) is 0 Å². The maximum atomic E-state index is 6.45. The minimum Gasteiger partial charge on any atom is -0.322 e. The summed E-state index contributed by atoms with van der Waals surface area (Å²) in [5.74, 6) is 0. The van der Waals surface area contributed by atoms with E-state index in [4.69, 9.17) is 5.73 Å². The van der Waals surface area contributed by atoms with Crippen LogP contribution in [0.5, 0.6) is 0 Å². The van der Waals surface area contributed by atoms with E-state index in [2.05, 4.69) is 65.7 Å². The average Bonchev–Trinajstić information content (AvgIpc) is 2.22. The Morgan fingerprint density at radius 3 is 1.94 bits per heavy atom. The molecule has 2 N–H and O–H groups in total. The fraction of sp³-hybridized carbons (Fsp3) is 0.600. The maximum absolute atomic E-state index is 6.45. The number of nitrogens with zero attached hydrogens (tertiary/aromatic N) is 1. The number of aryl methyl sites for hydroxylation is 3. The second-order valence-electron chi connectivity index (χ2n) is 5.82. The first kappa shape index (κ1) is 14.2. The zero-order valence-electron chi connectivity index (χ0n) is 12.3. The highest BCUT2D eigenvalue weighted by atomic mass is 15.2. The molecule has 0 aliphatic rings. The van der Waals surface area contributed by atoms with Gasteiger partial charge in [0.25, 0.3) is 0 Å². The molecule has 0 saturated heterocycles. The maximum Gasteiger partial charge on any atom is 0.0479 e. The van der Waals surface area contributed by atoms with Gasteiger partial charge in [-0.2, -0.15) is 0 Å². The SMILES string of the molecule is Cc1cc(C)c(C(N)C(C)(C)N(C)C)cc1C. The predicted octanol–water partition coefficient (Wildman–Crippen LogP) is 2.95. The highest BCUT2D eigenvalue weighted by Crippen LogP contribution is 2.30. The predicted molar refractivity (Wildman–Crippen MR) is 75.3 cm³/mol. The summed E-state index contributed by atoms with van der Waals surface area (Å²) in [7, 11) is 4.16. The van der Waals surface area contributed by atoms with Gasteiger partial charge in [0.15, 0.2) is 0 Å². The molecular formula is C15H26N2. The molecule has 0 amide bonds. The molecule has 0 aliphatic carbocycles. The molecule has 0 heterocycles. The second-order valence-corrected chi connectivity index (χ2v) is 5.82. The van der Waals surface area contributed by atoms with Crippen molar-refractivity contribution in [3.63, 3.8) is 0 Å². The quantitative estimate of drug-likeness (QED) is 0.871. The van der Waals surface area contributed by atoms with E-state index in [0.29, 0.717) is 0 Å². The molecule has 0 spiro atoms. The molecular weight excluding hydrogens is 208 g/mol. The van der Waals surface area contributed by atoms with Crippen LogP contribution >= 0.6 is 0 Å². The van der Waals surface area contributed by atoms with E-state index in [-0.39, 0.29) is 11.6 Å². The third-order valence-corrected chi connectivity index (χ3v) is 4.13. The van der Waals surface area contributed by atoms with Gasteiger partial charge in [0, 0.05) is 11.6 Å². The Hall–Kier alpha value is -0.860. The number of hydrogen-bond acceptors (Lipinski definition) is 2. The van der Waals surface area contributed by atoms with Crippen molar-refractivity contribution >= 4 is 0 Å². The molecule has 17 heavy (non-hydrogen) atoms.